The molecular formula is C9H13N3O3. The van der Waals surface area contributed by atoms with Crippen molar-refractivity contribution in [2.24, 2.45) is 0 Å². The number of ether oxygens (including phenoxy) is 1. The molecular weight excluding hydrogens is 198 g/mol. The maximum absolute atomic E-state index is 11.0. The number of rotatable bonds is 4. The van der Waals surface area contributed by atoms with Crippen LogP contribution >= 0.6 is 0 Å². The summed E-state index contributed by atoms with van der Waals surface area (Å²) < 4.78 is 4.48. The lowest BCUT2D eigenvalue weighted by Crippen LogP contribution is -2.20. The Morgan fingerprint density at radius 2 is 2.33 bits per heavy atom. The van der Waals surface area contributed by atoms with Crippen LogP contribution in [0.25, 0.3) is 0 Å². The molecule has 1 unspecified atom stereocenters. The summed E-state index contributed by atoms with van der Waals surface area (Å²) in [5, 5.41) is 19.1. The molecule has 1 aromatic heterocycles. The second-order valence-electron chi connectivity index (χ2n) is 3.02. The van der Waals surface area contributed by atoms with Crippen molar-refractivity contribution in [3.8, 4) is 0 Å². The summed E-state index contributed by atoms with van der Waals surface area (Å²) in [4.78, 5) is 11.0. The van der Waals surface area contributed by atoms with Gasteiger partial charge < -0.3 is 15.2 Å². The molecule has 0 aliphatic carbocycles. The van der Waals surface area contributed by atoms with Crippen molar-refractivity contribution in [2.45, 2.75) is 13.0 Å². The molecule has 0 aliphatic rings. The summed E-state index contributed by atoms with van der Waals surface area (Å²) in [6, 6.07) is 3.00. The van der Waals surface area contributed by atoms with Crippen LogP contribution in [0.5, 0.6) is 0 Å². The topological polar surface area (TPSA) is 84.3 Å². The van der Waals surface area contributed by atoms with Gasteiger partial charge in [-0.1, -0.05) is 0 Å². The van der Waals surface area contributed by atoms with E-state index in [1.165, 1.54) is 13.2 Å². The number of aliphatic hydroxyl groups is 1. The fourth-order valence-electron chi connectivity index (χ4n) is 0.921. The molecule has 0 saturated heterocycles. The molecule has 0 bridgehead atoms. The Kier molecular flexibility index (Phi) is 3.99. The van der Waals surface area contributed by atoms with Gasteiger partial charge in [0.05, 0.1) is 13.7 Å². The number of anilines is 1. The summed E-state index contributed by atoms with van der Waals surface area (Å²) in [6.45, 7) is 1.80. The van der Waals surface area contributed by atoms with Gasteiger partial charge in [0, 0.05) is 6.04 Å². The smallest absolute Gasteiger partial charge is 0.358 e. The standard InChI is InChI=1S/C9H13N3O3/c1-6(5-13)10-8-4-3-7(11-12-8)9(14)15-2/h3-4,6,13H,5H2,1-2H3,(H,10,12). The van der Waals surface area contributed by atoms with Crippen molar-refractivity contribution in [3.05, 3.63) is 17.8 Å². The van der Waals surface area contributed by atoms with Gasteiger partial charge in [-0.2, -0.15) is 0 Å². The van der Waals surface area contributed by atoms with Crippen molar-refractivity contribution in [1.82, 2.24) is 10.2 Å². The number of hydrogen-bond donors (Lipinski definition) is 2. The lowest BCUT2D eigenvalue weighted by Gasteiger charge is -2.10. The van der Waals surface area contributed by atoms with E-state index in [1.807, 2.05) is 0 Å². The zero-order valence-corrected chi connectivity index (χ0v) is 8.60. The Morgan fingerprint density at radius 3 is 2.80 bits per heavy atom. The molecule has 0 aromatic carbocycles. The first-order valence-electron chi connectivity index (χ1n) is 4.46. The predicted molar refractivity (Wildman–Crippen MR) is 53.5 cm³/mol. The minimum absolute atomic E-state index is 0.000430. The van der Waals surface area contributed by atoms with Gasteiger partial charge in [0.2, 0.25) is 0 Å². The third-order valence-electron chi connectivity index (χ3n) is 1.73. The Balaban J connectivity index is 2.68. The van der Waals surface area contributed by atoms with Crippen molar-refractivity contribution < 1.29 is 14.6 Å². The van der Waals surface area contributed by atoms with Crippen molar-refractivity contribution in [2.75, 3.05) is 19.0 Å². The zero-order valence-electron chi connectivity index (χ0n) is 8.60. The number of nitrogens with one attached hydrogen (secondary N) is 1. The molecule has 0 saturated carbocycles. The monoisotopic (exact) mass is 211 g/mol. The Hall–Kier alpha value is -1.69. The molecule has 6 nitrogen and oxygen atoms in total. The summed E-state index contributed by atoms with van der Waals surface area (Å²) in [5.41, 5.74) is 0.153. The number of methoxy groups -OCH3 is 1. The van der Waals surface area contributed by atoms with E-state index in [9.17, 15) is 4.79 Å². The van der Waals surface area contributed by atoms with E-state index in [1.54, 1.807) is 13.0 Å². The van der Waals surface area contributed by atoms with E-state index in [0.29, 0.717) is 5.82 Å². The van der Waals surface area contributed by atoms with E-state index >= 15 is 0 Å². The normalized spacial score (nSPS) is 11.9. The lowest BCUT2D eigenvalue weighted by atomic mass is 10.3. The van der Waals surface area contributed by atoms with E-state index in [-0.39, 0.29) is 18.3 Å². The molecule has 0 radical (unpaired) electrons. The number of nitrogens with zero attached hydrogens (tertiary/aromatic N) is 2. The Morgan fingerprint density at radius 1 is 1.60 bits per heavy atom. The quantitative estimate of drug-likeness (QED) is 0.685. The van der Waals surface area contributed by atoms with Gasteiger partial charge in [-0.15, -0.1) is 10.2 Å². The van der Waals surface area contributed by atoms with E-state index in [0.717, 1.165) is 0 Å². The van der Waals surface area contributed by atoms with Crippen LogP contribution in [0, 0.1) is 0 Å². The summed E-state index contributed by atoms with van der Waals surface area (Å²) in [7, 11) is 1.28. The fourth-order valence-corrected chi connectivity index (χ4v) is 0.921. The van der Waals surface area contributed by atoms with Crippen LogP contribution in [0.3, 0.4) is 0 Å². The zero-order chi connectivity index (χ0) is 11.3. The minimum Gasteiger partial charge on any atom is -0.464 e. The minimum atomic E-state index is -0.524. The lowest BCUT2D eigenvalue weighted by molar-refractivity contribution is 0.0593. The Labute approximate surface area is 87.3 Å². The first kappa shape index (κ1) is 11.4. The molecule has 1 aromatic rings. The van der Waals surface area contributed by atoms with Crippen molar-refractivity contribution in [3.63, 3.8) is 0 Å². The van der Waals surface area contributed by atoms with Crippen molar-refractivity contribution in [1.29, 1.82) is 0 Å². The fraction of sp³-hybridized carbons (Fsp3) is 0.444. The van der Waals surface area contributed by atoms with Crippen LogP contribution in [-0.4, -0.2) is 41.0 Å². The van der Waals surface area contributed by atoms with E-state index in [4.69, 9.17) is 5.11 Å². The number of carbonyl (C=O) groups excluding carboxylic acids is 1. The van der Waals surface area contributed by atoms with Gasteiger partial charge in [-0.25, -0.2) is 4.79 Å². The number of hydrogen-bond acceptors (Lipinski definition) is 6. The highest BCUT2D eigenvalue weighted by molar-refractivity contribution is 5.86. The van der Waals surface area contributed by atoms with Crippen LogP contribution in [0.1, 0.15) is 17.4 Å². The third kappa shape index (κ3) is 3.17. The average molecular weight is 211 g/mol. The molecule has 2 N–H and O–H groups in total. The molecule has 1 atom stereocenters. The second kappa shape index (κ2) is 5.26. The number of aliphatic hydroxyl groups excluding tert-OH is 1. The maximum atomic E-state index is 11.0. The first-order valence-corrected chi connectivity index (χ1v) is 4.46. The Bertz CT molecular complexity index is 326. The summed E-state index contributed by atoms with van der Waals surface area (Å²) >= 11 is 0. The summed E-state index contributed by atoms with van der Waals surface area (Å²) in [6.07, 6.45) is 0. The highest BCUT2D eigenvalue weighted by atomic mass is 16.5. The van der Waals surface area contributed by atoms with Gasteiger partial charge >= 0.3 is 5.97 Å². The van der Waals surface area contributed by atoms with Crippen LogP contribution in [0.4, 0.5) is 5.82 Å². The number of aromatic nitrogens is 2. The van der Waals surface area contributed by atoms with Crippen LogP contribution < -0.4 is 5.32 Å². The first-order chi connectivity index (χ1) is 7.17. The molecule has 0 fully saturated rings. The van der Waals surface area contributed by atoms with Gasteiger partial charge in [0.25, 0.3) is 0 Å². The SMILES string of the molecule is COC(=O)c1ccc(NC(C)CO)nn1. The molecule has 1 heterocycles. The molecule has 0 aliphatic heterocycles. The maximum Gasteiger partial charge on any atom is 0.358 e. The van der Waals surface area contributed by atoms with E-state index < -0.39 is 5.97 Å². The van der Waals surface area contributed by atoms with Gasteiger partial charge in [0.15, 0.2) is 5.69 Å². The second-order valence-corrected chi connectivity index (χ2v) is 3.02. The molecule has 15 heavy (non-hydrogen) atoms. The van der Waals surface area contributed by atoms with Crippen LogP contribution in [-0.2, 0) is 4.74 Å². The average Bonchev–Trinajstić information content (AvgIpc) is 2.29. The van der Waals surface area contributed by atoms with Crippen LogP contribution in [0.2, 0.25) is 0 Å². The largest absolute Gasteiger partial charge is 0.464 e. The predicted octanol–water partition coefficient (Wildman–Crippen LogP) is 0.0559. The van der Waals surface area contributed by atoms with Gasteiger partial charge in [0.1, 0.15) is 5.82 Å². The van der Waals surface area contributed by atoms with Gasteiger partial charge in [-0.3, -0.25) is 0 Å². The molecule has 0 spiro atoms. The summed E-state index contributed by atoms with van der Waals surface area (Å²) in [5.74, 6) is -0.0199. The molecule has 82 valence electrons. The number of esters is 1. The highest BCUT2D eigenvalue weighted by Crippen LogP contribution is 2.04. The molecule has 0 amide bonds. The van der Waals surface area contributed by atoms with Crippen LogP contribution in [0.15, 0.2) is 12.1 Å². The van der Waals surface area contributed by atoms with Crippen molar-refractivity contribution >= 4 is 11.8 Å². The molecule has 1 rings (SSSR count). The third-order valence-corrected chi connectivity index (χ3v) is 1.73. The highest BCUT2D eigenvalue weighted by Gasteiger charge is 2.08. The van der Waals surface area contributed by atoms with E-state index in [2.05, 4.69) is 20.3 Å². The number of carbonyl (C=O) groups is 1. The molecule has 6 heteroatoms. The van der Waals surface area contributed by atoms with Gasteiger partial charge in [-0.05, 0) is 19.1 Å².